The van der Waals surface area contributed by atoms with Gasteiger partial charge in [-0.1, -0.05) is 0 Å². The van der Waals surface area contributed by atoms with Crippen LogP contribution >= 0.6 is 15.9 Å². The molecule has 4 rings (SSSR count). The highest BCUT2D eigenvalue weighted by Gasteiger charge is 2.49. The first-order chi connectivity index (χ1) is 13.2. The molecule has 1 aliphatic carbocycles. The van der Waals surface area contributed by atoms with Crippen LogP contribution in [0.5, 0.6) is 5.75 Å². The monoisotopic (exact) mass is 444 g/mol. The Labute approximate surface area is 173 Å². The van der Waals surface area contributed by atoms with Gasteiger partial charge in [0.2, 0.25) is 0 Å². The summed E-state index contributed by atoms with van der Waals surface area (Å²) in [4.78, 5) is 28.0. The van der Waals surface area contributed by atoms with Gasteiger partial charge in [0.25, 0.3) is 11.5 Å². The van der Waals surface area contributed by atoms with Crippen LogP contribution in [0.3, 0.4) is 0 Å². The summed E-state index contributed by atoms with van der Waals surface area (Å²) >= 11 is 3.65. The maximum atomic E-state index is 13.0. The summed E-state index contributed by atoms with van der Waals surface area (Å²) in [6.07, 6.45) is 3.26. The third-order valence-corrected chi connectivity index (χ3v) is 7.23. The van der Waals surface area contributed by atoms with Crippen LogP contribution in [0.1, 0.15) is 70.4 Å². The third kappa shape index (κ3) is 2.98. The summed E-state index contributed by atoms with van der Waals surface area (Å²) in [6, 6.07) is 3.90. The first-order valence-corrected chi connectivity index (χ1v) is 10.5. The molecule has 2 unspecified atom stereocenters. The molecule has 0 bridgehead atoms. The molecule has 1 saturated carbocycles. The number of hydrogen-bond donors (Lipinski definition) is 2. The molecule has 148 valence electrons. The van der Waals surface area contributed by atoms with Crippen LogP contribution in [-0.4, -0.2) is 16.5 Å². The van der Waals surface area contributed by atoms with E-state index in [0.717, 1.165) is 51.9 Å². The fourth-order valence-electron chi connectivity index (χ4n) is 4.68. The molecule has 2 N–H and O–H groups in total. The van der Waals surface area contributed by atoms with E-state index >= 15 is 0 Å². The van der Waals surface area contributed by atoms with Gasteiger partial charge in [0.15, 0.2) is 0 Å². The number of hydrogen-bond acceptors (Lipinski definition) is 3. The smallest absolute Gasteiger partial charge is 0.253 e. The maximum absolute atomic E-state index is 13.0. The van der Waals surface area contributed by atoms with Gasteiger partial charge < -0.3 is 15.0 Å². The highest BCUT2D eigenvalue weighted by molar-refractivity contribution is 9.10. The van der Waals surface area contributed by atoms with Gasteiger partial charge in [-0.15, -0.1) is 0 Å². The van der Waals surface area contributed by atoms with Crippen molar-refractivity contribution in [2.75, 3.05) is 0 Å². The number of aromatic amines is 1. The van der Waals surface area contributed by atoms with E-state index in [1.807, 2.05) is 32.9 Å². The number of rotatable bonds is 3. The van der Waals surface area contributed by atoms with E-state index in [0.29, 0.717) is 17.0 Å². The minimum atomic E-state index is -0.174. The standard InChI is InChI=1S/C22H25BrN2O3/c1-11-8-12(2)25-21(27)16(11)10-24-20(26)14-9-15-17-6-5-7-22(17,4)28-19(15)18(23)13(14)3/h8-9,17H,5-7,10H2,1-4H3,(H,24,26)(H,25,27). The molecule has 2 heterocycles. The predicted molar refractivity (Wildman–Crippen MR) is 112 cm³/mol. The van der Waals surface area contributed by atoms with Crippen molar-refractivity contribution < 1.29 is 9.53 Å². The zero-order valence-electron chi connectivity index (χ0n) is 16.7. The highest BCUT2D eigenvalue weighted by atomic mass is 79.9. The first-order valence-electron chi connectivity index (χ1n) is 9.71. The van der Waals surface area contributed by atoms with Gasteiger partial charge in [0, 0.05) is 34.8 Å². The molecule has 1 amide bonds. The van der Waals surface area contributed by atoms with Crippen LogP contribution in [0.2, 0.25) is 0 Å². The molecule has 5 nitrogen and oxygen atoms in total. The van der Waals surface area contributed by atoms with E-state index in [1.54, 1.807) is 0 Å². The van der Waals surface area contributed by atoms with Gasteiger partial charge in [0.1, 0.15) is 11.4 Å². The number of fused-ring (bicyclic) bond motifs is 3. The lowest BCUT2D eigenvalue weighted by molar-refractivity contribution is 0.0950. The maximum Gasteiger partial charge on any atom is 0.253 e. The molecule has 28 heavy (non-hydrogen) atoms. The number of aryl methyl sites for hydroxylation is 2. The van der Waals surface area contributed by atoms with E-state index in [-0.39, 0.29) is 23.6 Å². The first kappa shape index (κ1) is 19.2. The number of H-pyrrole nitrogens is 1. The largest absolute Gasteiger partial charge is 0.485 e. The molecular formula is C22H25BrN2O3. The number of benzene rings is 1. The van der Waals surface area contributed by atoms with Crippen molar-refractivity contribution in [3.05, 3.63) is 60.5 Å². The molecule has 1 aliphatic heterocycles. The molecule has 1 aromatic carbocycles. The number of carbonyl (C=O) groups excluding carboxylic acids is 1. The lowest BCUT2D eigenvalue weighted by atomic mass is 9.87. The molecule has 0 spiro atoms. The Balaban J connectivity index is 1.63. The van der Waals surface area contributed by atoms with Gasteiger partial charge in [-0.25, -0.2) is 0 Å². The summed E-state index contributed by atoms with van der Waals surface area (Å²) in [6.45, 7) is 8.02. The van der Waals surface area contributed by atoms with E-state index in [9.17, 15) is 9.59 Å². The Morgan fingerprint density at radius 2 is 2.11 bits per heavy atom. The molecule has 2 atom stereocenters. The summed E-state index contributed by atoms with van der Waals surface area (Å²) < 4.78 is 7.17. The number of ether oxygens (including phenoxy) is 1. The number of aromatic nitrogens is 1. The van der Waals surface area contributed by atoms with Crippen LogP contribution in [0.4, 0.5) is 0 Å². The number of nitrogens with one attached hydrogen (secondary N) is 2. The van der Waals surface area contributed by atoms with Crippen molar-refractivity contribution in [3.63, 3.8) is 0 Å². The van der Waals surface area contributed by atoms with Gasteiger partial charge >= 0.3 is 0 Å². The van der Waals surface area contributed by atoms with Crippen molar-refractivity contribution in [1.29, 1.82) is 0 Å². The summed E-state index contributed by atoms with van der Waals surface area (Å²) in [5.74, 6) is 1.03. The fraction of sp³-hybridized carbons (Fsp3) is 0.455. The van der Waals surface area contributed by atoms with Crippen LogP contribution in [0, 0.1) is 20.8 Å². The average Bonchev–Trinajstić information content (AvgIpc) is 3.11. The summed E-state index contributed by atoms with van der Waals surface area (Å²) in [5.41, 5.74) is 4.56. The normalized spacial score (nSPS) is 22.5. The van der Waals surface area contributed by atoms with Crippen LogP contribution < -0.4 is 15.6 Å². The fourth-order valence-corrected chi connectivity index (χ4v) is 5.21. The molecule has 1 fully saturated rings. The second kappa shape index (κ2) is 6.76. The van der Waals surface area contributed by atoms with E-state index in [4.69, 9.17) is 4.74 Å². The Bertz CT molecular complexity index is 1040. The van der Waals surface area contributed by atoms with E-state index in [1.165, 1.54) is 0 Å². The molecule has 2 aliphatic rings. The Morgan fingerprint density at radius 3 is 2.82 bits per heavy atom. The van der Waals surface area contributed by atoms with Gasteiger partial charge in [-0.05, 0) is 86.1 Å². The average molecular weight is 445 g/mol. The summed E-state index contributed by atoms with van der Waals surface area (Å²) in [5, 5.41) is 2.92. The van der Waals surface area contributed by atoms with Crippen molar-refractivity contribution in [3.8, 4) is 5.75 Å². The Hall–Kier alpha value is -2.08. The van der Waals surface area contributed by atoms with E-state index in [2.05, 4.69) is 33.2 Å². The zero-order valence-corrected chi connectivity index (χ0v) is 18.2. The second-order valence-electron chi connectivity index (χ2n) is 8.27. The Morgan fingerprint density at radius 1 is 1.36 bits per heavy atom. The number of halogens is 1. The second-order valence-corrected chi connectivity index (χ2v) is 9.06. The van der Waals surface area contributed by atoms with Gasteiger partial charge in [-0.2, -0.15) is 0 Å². The lowest BCUT2D eigenvalue weighted by Crippen LogP contribution is -2.29. The zero-order chi connectivity index (χ0) is 20.2. The van der Waals surface area contributed by atoms with Crippen LogP contribution in [-0.2, 0) is 6.54 Å². The minimum Gasteiger partial charge on any atom is -0.485 e. The van der Waals surface area contributed by atoms with Gasteiger partial charge in [-0.3, -0.25) is 9.59 Å². The van der Waals surface area contributed by atoms with Crippen molar-refractivity contribution in [2.45, 2.75) is 65.0 Å². The minimum absolute atomic E-state index is 0.153. The van der Waals surface area contributed by atoms with E-state index < -0.39 is 0 Å². The summed E-state index contributed by atoms with van der Waals surface area (Å²) in [7, 11) is 0. The third-order valence-electron chi connectivity index (χ3n) is 6.27. The molecule has 6 heteroatoms. The molecule has 1 aromatic heterocycles. The van der Waals surface area contributed by atoms with Crippen LogP contribution in [0.25, 0.3) is 0 Å². The van der Waals surface area contributed by atoms with Gasteiger partial charge in [0.05, 0.1) is 4.47 Å². The quantitative estimate of drug-likeness (QED) is 0.735. The van der Waals surface area contributed by atoms with Crippen molar-refractivity contribution in [2.24, 2.45) is 0 Å². The number of pyridine rings is 1. The molecule has 0 saturated heterocycles. The Kier molecular flexibility index (Phi) is 4.65. The lowest BCUT2D eigenvalue weighted by Gasteiger charge is -2.23. The van der Waals surface area contributed by atoms with Crippen molar-refractivity contribution >= 4 is 21.8 Å². The molecule has 2 aromatic rings. The number of amides is 1. The number of carbonyl (C=O) groups is 1. The van der Waals surface area contributed by atoms with Crippen molar-refractivity contribution in [1.82, 2.24) is 10.3 Å². The SMILES string of the molecule is Cc1cc(C)c(CNC(=O)c2cc3c(c(Br)c2C)OC2(C)CCCC32)c(=O)[nH]1. The molecular weight excluding hydrogens is 420 g/mol. The topological polar surface area (TPSA) is 71.2 Å². The molecule has 0 radical (unpaired) electrons. The highest BCUT2D eigenvalue weighted by Crippen LogP contribution is 2.56. The van der Waals surface area contributed by atoms with Crippen LogP contribution in [0.15, 0.2) is 21.4 Å². The predicted octanol–water partition coefficient (Wildman–Crippen LogP) is 4.41.